The molecule has 0 radical (unpaired) electrons. The van der Waals surface area contributed by atoms with Gasteiger partial charge in [0.15, 0.2) is 11.5 Å². The highest BCUT2D eigenvalue weighted by Crippen LogP contribution is 2.47. The van der Waals surface area contributed by atoms with Crippen molar-refractivity contribution in [1.82, 2.24) is 9.55 Å². The van der Waals surface area contributed by atoms with E-state index in [0.717, 1.165) is 45.8 Å². The first-order chi connectivity index (χ1) is 17.2. The molecule has 0 aliphatic carbocycles. The van der Waals surface area contributed by atoms with Crippen molar-refractivity contribution in [1.29, 1.82) is 0 Å². The maximum absolute atomic E-state index is 12.0. The van der Waals surface area contributed by atoms with Gasteiger partial charge in [0.2, 0.25) is 0 Å². The molecule has 172 valence electrons. The maximum atomic E-state index is 12.0. The highest BCUT2D eigenvalue weighted by Gasteiger charge is 2.22. The molecule has 3 heterocycles. The summed E-state index contributed by atoms with van der Waals surface area (Å²) in [7, 11) is 0. The Morgan fingerprint density at radius 2 is 1.71 bits per heavy atom. The van der Waals surface area contributed by atoms with Crippen LogP contribution in [0.2, 0.25) is 0 Å². The van der Waals surface area contributed by atoms with Gasteiger partial charge in [0.25, 0.3) is 0 Å². The second-order valence-corrected chi connectivity index (χ2v) is 8.50. The second-order valence-electron chi connectivity index (χ2n) is 8.50. The molecular formula is C29H22N2O4. The highest BCUT2D eigenvalue weighted by atomic mass is 16.6. The molecule has 0 saturated carbocycles. The van der Waals surface area contributed by atoms with Crippen molar-refractivity contribution in [3.05, 3.63) is 108 Å². The number of rotatable bonds is 8. The zero-order valence-corrected chi connectivity index (χ0v) is 18.8. The predicted octanol–water partition coefficient (Wildman–Crippen LogP) is 6.18. The Bertz CT molecular complexity index is 1540. The Labute approximate surface area is 202 Å². The molecule has 6 nitrogen and oxygen atoms in total. The topological polar surface area (TPSA) is 76.9 Å². The third-order valence-corrected chi connectivity index (χ3v) is 6.20. The number of aromatic carboxylic acids is 1. The van der Waals surface area contributed by atoms with Crippen LogP contribution in [-0.4, -0.2) is 27.2 Å². The van der Waals surface area contributed by atoms with Crippen LogP contribution < -0.4 is 9.47 Å². The van der Waals surface area contributed by atoms with E-state index in [9.17, 15) is 9.90 Å². The molecule has 0 amide bonds. The number of pyridine rings is 1. The molecule has 2 aromatic heterocycles. The van der Waals surface area contributed by atoms with Gasteiger partial charge in [0.05, 0.1) is 17.8 Å². The lowest BCUT2D eigenvalue weighted by Crippen LogP contribution is -2.13. The van der Waals surface area contributed by atoms with Crippen molar-refractivity contribution in [3.63, 3.8) is 0 Å². The van der Waals surface area contributed by atoms with Crippen LogP contribution in [0.25, 0.3) is 22.2 Å². The third kappa shape index (κ3) is 4.22. The number of carbonyl (C=O) groups is 1. The van der Waals surface area contributed by atoms with Gasteiger partial charge in [-0.2, -0.15) is 0 Å². The molecule has 0 spiro atoms. The molecule has 0 unspecified atom stereocenters. The van der Waals surface area contributed by atoms with E-state index in [4.69, 9.17) is 9.47 Å². The standard InChI is InChI=1S/C29H22N2O4/c32-29(33)25-18-23-24(12-13-30-28(23)21-8-11-26-27(17-21)35-26)31(25)14-15-34-22-9-6-20(7-10-22)16-19-4-2-1-3-5-19/h1-13,17-18H,14-16H2,(H,32,33). The van der Waals surface area contributed by atoms with Gasteiger partial charge in [-0.3, -0.25) is 4.98 Å². The van der Waals surface area contributed by atoms with Crippen molar-refractivity contribution in [2.45, 2.75) is 13.0 Å². The van der Waals surface area contributed by atoms with Gasteiger partial charge in [-0.25, -0.2) is 4.79 Å². The predicted molar refractivity (Wildman–Crippen MR) is 133 cm³/mol. The summed E-state index contributed by atoms with van der Waals surface area (Å²) in [5, 5.41) is 10.6. The van der Waals surface area contributed by atoms with Gasteiger partial charge in [-0.05, 0) is 60.0 Å². The maximum Gasteiger partial charge on any atom is 0.352 e. The van der Waals surface area contributed by atoms with E-state index in [1.165, 1.54) is 11.1 Å². The van der Waals surface area contributed by atoms with Crippen LogP contribution >= 0.6 is 0 Å². The van der Waals surface area contributed by atoms with Gasteiger partial charge < -0.3 is 19.1 Å². The summed E-state index contributed by atoms with van der Waals surface area (Å²) in [5.41, 5.74) is 5.11. The van der Waals surface area contributed by atoms with E-state index in [2.05, 4.69) is 29.2 Å². The summed E-state index contributed by atoms with van der Waals surface area (Å²) in [4.78, 5) is 16.5. The lowest BCUT2D eigenvalue weighted by molar-refractivity contribution is 0.0684. The fourth-order valence-electron chi connectivity index (χ4n) is 4.43. The number of benzene rings is 3. The highest BCUT2D eigenvalue weighted by molar-refractivity contribution is 6.00. The monoisotopic (exact) mass is 462 g/mol. The molecule has 5 aromatic rings. The van der Waals surface area contributed by atoms with Crippen molar-refractivity contribution in [2.24, 2.45) is 0 Å². The van der Waals surface area contributed by atoms with Crippen LogP contribution in [0.3, 0.4) is 0 Å². The Morgan fingerprint density at radius 1 is 0.914 bits per heavy atom. The Balaban J connectivity index is 1.20. The van der Waals surface area contributed by atoms with E-state index in [1.807, 2.05) is 54.6 Å². The fraction of sp³-hybridized carbons (Fsp3) is 0.103. The van der Waals surface area contributed by atoms with Crippen molar-refractivity contribution in [3.8, 4) is 28.5 Å². The van der Waals surface area contributed by atoms with Crippen LogP contribution in [-0.2, 0) is 13.0 Å². The number of hydrogen-bond acceptors (Lipinski definition) is 4. The number of nitrogens with zero attached hydrogens (tertiary/aromatic N) is 2. The Kier molecular flexibility index (Phi) is 5.19. The number of hydrogen-bond donors (Lipinski definition) is 1. The molecule has 6 heteroatoms. The molecule has 0 atom stereocenters. The number of fused-ring (bicyclic) bond motifs is 2. The summed E-state index contributed by atoms with van der Waals surface area (Å²) in [6.07, 6.45) is 2.57. The van der Waals surface area contributed by atoms with Gasteiger partial charge >= 0.3 is 5.97 Å². The second kappa shape index (κ2) is 8.65. The molecule has 6 rings (SSSR count). The minimum Gasteiger partial charge on any atom is -0.492 e. The number of ether oxygens (including phenoxy) is 2. The summed E-state index contributed by atoms with van der Waals surface area (Å²) >= 11 is 0. The molecule has 1 aliphatic rings. The molecule has 1 aliphatic heterocycles. The molecular weight excluding hydrogens is 440 g/mol. The minimum absolute atomic E-state index is 0.207. The SMILES string of the molecule is O=C(O)c1cc2c(-c3ccc4c(c3)O4)nccc2n1CCOc1ccc(Cc2ccccc2)cc1. The molecule has 1 N–H and O–H groups in total. The van der Waals surface area contributed by atoms with Crippen LogP contribution in [0.4, 0.5) is 0 Å². The van der Waals surface area contributed by atoms with E-state index >= 15 is 0 Å². The summed E-state index contributed by atoms with van der Waals surface area (Å²) in [6.45, 7) is 0.736. The average Bonchev–Trinajstić information content (AvgIpc) is 3.57. The largest absolute Gasteiger partial charge is 0.492 e. The van der Waals surface area contributed by atoms with Crippen LogP contribution in [0, 0.1) is 0 Å². The average molecular weight is 463 g/mol. The van der Waals surface area contributed by atoms with Gasteiger partial charge in [-0.1, -0.05) is 42.5 Å². The lowest BCUT2D eigenvalue weighted by Gasteiger charge is -2.11. The number of carboxylic acid groups (broad SMARTS) is 1. The molecule has 0 fully saturated rings. The Hall–Kier alpha value is -4.58. The smallest absolute Gasteiger partial charge is 0.352 e. The zero-order valence-electron chi connectivity index (χ0n) is 18.8. The van der Waals surface area contributed by atoms with E-state index in [1.54, 1.807) is 16.8 Å². The molecule has 0 saturated heterocycles. The first-order valence-electron chi connectivity index (χ1n) is 11.5. The first-order valence-corrected chi connectivity index (χ1v) is 11.5. The molecule has 3 aromatic carbocycles. The van der Waals surface area contributed by atoms with E-state index < -0.39 is 5.97 Å². The number of aromatic nitrogens is 2. The normalized spacial score (nSPS) is 11.7. The Morgan fingerprint density at radius 3 is 2.49 bits per heavy atom. The van der Waals surface area contributed by atoms with Crippen LogP contribution in [0.1, 0.15) is 21.6 Å². The van der Waals surface area contributed by atoms with Gasteiger partial charge in [0, 0.05) is 17.1 Å². The third-order valence-electron chi connectivity index (χ3n) is 6.20. The summed E-state index contributed by atoms with van der Waals surface area (Å²) < 4.78 is 13.1. The van der Waals surface area contributed by atoms with Gasteiger partial charge in [-0.15, -0.1) is 0 Å². The van der Waals surface area contributed by atoms with Gasteiger partial charge in [0.1, 0.15) is 18.1 Å². The van der Waals surface area contributed by atoms with Crippen molar-refractivity contribution < 1.29 is 19.4 Å². The van der Waals surface area contributed by atoms with E-state index in [-0.39, 0.29) is 5.69 Å². The van der Waals surface area contributed by atoms with Crippen molar-refractivity contribution in [2.75, 3.05) is 6.61 Å². The minimum atomic E-state index is -0.985. The summed E-state index contributed by atoms with van der Waals surface area (Å²) in [5.74, 6) is 1.47. The first kappa shape index (κ1) is 21.0. The summed E-state index contributed by atoms with van der Waals surface area (Å²) in [6, 6.07) is 27.7. The van der Waals surface area contributed by atoms with Crippen LogP contribution in [0.15, 0.2) is 91.1 Å². The molecule has 35 heavy (non-hydrogen) atoms. The number of carboxylic acids is 1. The lowest BCUT2D eigenvalue weighted by atomic mass is 10.1. The fourth-order valence-corrected chi connectivity index (χ4v) is 4.43. The quantitative estimate of drug-likeness (QED) is 0.274. The van der Waals surface area contributed by atoms with Crippen LogP contribution in [0.5, 0.6) is 17.2 Å². The van der Waals surface area contributed by atoms with Crippen molar-refractivity contribution >= 4 is 16.9 Å². The molecule has 0 bridgehead atoms. The van der Waals surface area contributed by atoms with E-state index in [0.29, 0.717) is 13.2 Å². The zero-order chi connectivity index (χ0) is 23.8.